The molecule has 1 N–H and O–H groups in total. The van der Waals surface area contributed by atoms with Gasteiger partial charge in [-0.1, -0.05) is 12.1 Å². The summed E-state index contributed by atoms with van der Waals surface area (Å²) in [6.07, 6.45) is 4.52. The minimum atomic E-state index is -0.380. The standard InChI is InChI=1S/C24H20N6O2S/c1-30-14-26-29-23(30)24(11-15(12-24)5-7-25)17-3-2-4-18(10-17)27-21(32)20-9-16(13-31)19-6-8-33-22(19)28-20/h2-4,6,8-10,13-15H,5,11-12H2,1H3,(H,27,32)/t15-,24+. The number of aldehydes is 1. The van der Waals surface area contributed by atoms with E-state index in [0.717, 1.165) is 35.9 Å². The number of pyridine rings is 1. The van der Waals surface area contributed by atoms with Crippen molar-refractivity contribution in [2.24, 2.45) is 13.0 Å². The van der Waals surface area contributed by atoms with Gasteiger partial charge in [-0.3, -0.25) is 9.59 Å². The van der Waals surface area contributed by atoms with E-state index in [9.17, 15) is 9.59 Å². The van der Waals surface area contributed by atoms with Crippen LogP contribution in [-0.4, -0.2) is 31.9 Å². The van der Waals surface area contributed by atoms with Crippen LogP contribution < -0.4 is 5.32 Å². The minimum absolute atomic E-state index is 0.193. The van der Waals surface area contributed by atoms with Crippen LogP contribution in [0.3, 0.4) is 0 Å². The molecule has 33 heavy (non-hydrogen) atoms. The number of nitriles is 1. The smallest absolute Gasteiger partial charge is 0.274 e. The van der Waals surface area contributed by atoms with E-state index in [1.807, 2.05) is 47.3 Å². The van der Waals surface area contributed by atoms with Gasteiger partial charge in [-0.15, -0.1) is 21.5 Å². The van der Waals surface area contributed by atoms with Crippen molar-refractivity contribution in [3.63, 3.8) is 0 Å². The fourth-order valence-electron chi connectivity index (χ4n) is 4.74. The van der Waals surface area contributed by atoms with E-state index >= 15 is 0 Å². The van der Waals surface area contributed by atoms with Gasteiger partial charge in [-0.25, -0.2) is 4.98 Å². The van der Waals surface area contributed by atoms with Crippen molar-refractivity contribution in [3.8, 4) is 6.07 Å². The van der Waals surface area contributed by atoms with Crippen molar-refractivity contribution < 1.29 is 9.59 Å². The van der Waals surface area contributed by atoms with E-state index in [2.05, 4.69) is 26.6 Å². The highest BCUT2D eigenvalue weighted by Gasteiger charge is 2.49. The Morgan fingerprint density at radius 2 is 2.21 bits per heavy atom. The summed E-state index contributed by atoms with van der Waals surface area (Å²) >= 11 is 1.39. The molecule has 0 saturated heterocycles. The van der Waals surface area contributed by atoms with Crippen LogP contribution in [0.2, 0.25) is 0 Å². The number of nitrogens with one attached hydrogen (secondary N) is 1. The number of hydrogen-bond acceptors (Lipinski definition) is 7. The maximum Gasteiger partial charge on any atom is 0.274 e. The Bertz CT molecular complexity index is 1410. The number of amides is 1. The molecule has 0 unspecified atom stereocenters. The molecule has 1 saturated carbocycles. The van der Waals surface area contributed by atoms with E-state index < -0.39 is 0 Å². The number of fused-ring (bicyclic) bond motifs is 1. The lowest BCUT2D eigenvalue weighted by molar-refractivity contribution is 0.102. The van der Waals surface area contributed by atoms with Gasteiger partial charge in [0, 0.05) is 30.1 Å². The molecule has 0 bridgehead atoms. The second-order valence-corrected chi connectivity index (χ2v) is 9.27. The third-order valence-corrected chi connectivity index (χ3v) is 7.10. The third-order valence-electron chi connectivity index (χ3n) is 6.30. The number of rotatable bonds is 6. The Morgan fingerprint density at radius 3 is 2.94 bits per heavy atom. The van der Waals surface area contributed by atoms with Gasteiger partial charge in [-0.2, -0.15) is 5.26 Å². The first-order chi connectivity index (χ1) is 16.0. The average Bonchev–Trinajstić information content (AvgIpc) is 3.44. The van der Waals surface area contributed by atoms with Gasteiger partial charge in [0.25, 0.3) is 5.91 Å². The monoisotopic (exact) mass is 456 g/mol. The zero-order chi connectivity index (χ0) is 23.0. The van der Waals surface area contributed by atoms with E-state index in [-0.39, 0.29) is 17.0 Å². The van der Waals surface area contributed by atoms with Crippen molar-refractivity contribution in [2.45, 2.75) is 24.7 Å². The summed E-state index contributed by atoms with van der Waals surface area (Å²) in [7, 11) is 1.91. The zero-order valence-corrected chi connectivity index (χ0v) is 18.7. The topological polar surface area (TPSA) is 114 Å². The normalized spacial score (nSPS) is 19.6. The van der Waals surface area contributed by atoms with Gasteiger partial charge in [0.15, 0.2) is 6.29 Å². The van der Waals surface area contributed by atoms with Crippen LogP contribution in [0.4, 0.5) is 5.69 Å². The van der Waals surface area contributed by atoms with Crippen molar-refractivity contribution in [2.75, 3.05) is 5.32 Å². The molecule has 3 aromatic heterocycles. The number of aromatic nitrogens is 4. The van der Waals surface area contributed by atoms with Crippen molar-refractivity contribution in [3.05, 3.63) is 70.8 Å². The van der Waals surface area contributed by atoms with Gasteiger partial charge in [0.2, 0.25) is 0 Å². The lowest BCUT2D eigenvalue weighted by atomic mass is 9.57. The van der Waals surface area contributed by atoms with Gasteiger partial charge >= 0.3 is 0 Å². The highest BCUT2D eigenvalue weighted by Crippen LogP contribution is 2.53. The van der Waals surface area contributed by atoms with Crippen LogP contribution in [0.15, 0.2) is 48.1 Å². The van der Waals surface area contributed by atoms with Crippen molar-refractivity contribution in [1.82, 2.24) is 19.7 Å². The predicted octanol–water partition coefficient (Wildman–Crippen LogP) is 4.10. The van der Waals surface area contributed by atoms with Crippen LogP contribution in [-0.2, 0) is 12.5 Å². The summed E-state index contributed by atoms with van der Waals surface area (Å²) < 4.78 is 1.91. The molecule has 1 aliphatic rings. The second-order valence-electron chi connectivity index (χ2n) is 8.37. The Balaban J connectivity index is 1.45. The van der Waals surface area contributed by atoms with E-state index in [4.69, 9.17) is 5.26 Å². The summed E-state index contributed by atoms with van der Waals surface area (Å²) in [5, 5.41) is 23.0. The number of hydrogen-bond donors (Lipinski definition) is 1. The number of carbonyl (C=O) groups is 2. The van der Waals surface area contributed by atoms with Gasteiger partial charge < -0.3 is 9.88 Å². The summed E-state index contributed by atoms with van der Waals surface area (Å²) in [5.41, 5.74) is 1.92. The molecule has 1 aromatic carbocycles. The highest BCUT2D eigenvalue weighted by atomic mass is 32.1. The minimum Gasteiger partial charge on any atom is -0.321 e. The first-order valence-corrected chi connectivity index (χ1v) is 11.4. The maximum atomic E-state index is 13.0. The maximum absolute atomic E-state index is 13.0. The fourth-order valence-corrected chi connectivity index (χ4v) is 5.54. The molecule has 0 atom stereocenters. The molecule has 0 aliphatic heterocycles. The summed E-state index contributed by atoms with van der Waals surface area (Å²) in [6.45, 7) is 0. The number of thiophene rings is 1. The molecule has 0 radical (unpaired) electrons. The fraction of sp³-hybridized carbons (Fsp3) is 0.250. The molecule has 8 nitrogen and oxygen atoms in total. The van der Waals surface area contributed by atoms with Crippen LogP contribution in [0, 0.1) is 17.2 Å². The Hall–Kier alpha value is -3.90. The van der Waals surface area contributed by atoms with Crippen molar-refractivity contribution in [1.29, 1.82) is 5.26 Å². The lowest BCUT2D eigenvalue weighted by Gasteiger charge is -2.46. The largest absolute Gasteiger partial charge is 0.321 e. The van der Waals surface area contributed by atoms with Gasteiger partial charge in [0.05, 0.1) is 11.5 Å². The van der Waals surface area contributed by atoms with E-state index in [1.54, 1.807) is 6.33 Å². The zero-order valence-electron chi connectivity index (χ0n) is 17.9. The number of nitrogens with zero attached hydrogens (tertiary/aromatic N) is 5. The second kappa shape index (κ2) is 8.22. The van der Waals surface area contributed by atoms with Gasteiger partial charge in [0.1, 0.15) is 22.7 Å². The molecular formula is C24H20N6O2S. The number of aryl methyl sites for hydroxylation is 1. The third kappa shape index (κ3) is 3.58. The van der Waals surface area contributed by atoms with E-state index in [0.29, 0.717) is 28.4 Å². The molecule has 0 spiro atoms. The Morgan fingerprint density at radius 1 is 1.36 bits per heavy atom. The summed E-state index contributed by atoms with van der Waals surface area (Å²) in [4.78, 5) is 29.5. The van der Waals surface area contributed by atoms with Crippen molar-refractivity contribution >= 4 is 39.4 Å². The first-order valence-electron chi connectivity index (χ1n) is 10.5. The quantitative estimate of drug-likeness (QED) is 0.437. The van der Waals surface area contributed by atoms with Crippen LogP contribution in [0.1, 0.15) is 51.5 Å². The van der Waals surface area contributed by atoms with Crippen LogP contribution >= 0.6 is 11.3 Å². The lowest BCUT2D eigenvalue weighted by Crippen LogP contribution is -2.44. The number of benzene rings is 1. The first kappa shape index (κ1) is 21.0. The molecule has 3 heterocycles. The molecule has 9 heteroatoms. The summed E-state index contributed by atoms with van der Waals surface area (Å²) in [5.74, 6) is 0.767. The summed E-state index contributed by atoms with van der Waals surface area (Å²) in [6, 6.07) is 13.3. The van der Waals surface area contributed by atoms with Crippen LogP contribution in [0.5, 0.6) is 0 Å². The molecule has 164 valence electrons. The Labute approximate surface area is 193 Å². The number of anilines is 1. The molecule has 1 fully saturated rings. The average molecular weight is 457 g/mol. The molecular weight excluding hydrogens is 436 g/mol. The number of carbonyl (C=O) groups excluding carboxylic acids is 2. The van der Waals surface area contributed by atoms with Gasteiger partial charge in [-0.05, 0) is 54.0 Å². The van der Waals surface area contributed by atoms with Crippen LogP contribution in [0.25, 0.3) is 10.2 Å². The Kier molecular flexibility index (Phi) is 5.23. The molecule has 1 amide bonds. The molecule has 1 aliphatic carbocycles. The highest BCUT2D eigenvalue weighted by molar-refractivity contribution is 7.16. The molecule has 5 rings (SSSR count). The van der Waals surface area contributed by atoms with E-state index in [1.165, 1.54) is 17.4 Å². The molecule has 4 aromatic rings. The predicted molar refractivity (Wildman–Crippen MR) is 124 cm³/mol. The SMILES string of the molecule is Cn1cnnc1[C@]1(c2cccc(NC(=O)c3cc(C=O)c4ccsc4n3)c2)C[C@H](CC#N)C1.